The van der Waals surface area contributed by atoms with Crippen molar-refractivity contribution in [2.75, 3.05) is 6.54 Å². The highest BCUT2D eigenvalue weighted by Gasteiger charge is 2.29. The van der Waals surface area contributed by atoms with Crippen molar-refractivity contribution >= 4 is 17.1 Å². The standard InChI is InChI=1S/C26H21N3O3/c1-15-17(16-6-3-2-4-7-16)8-5-9-18(15)26-29-23-12-20-19(21(13-27)25(23)32-26)10-11-22(20)28-14-24(30)31/h2-9,12,22,28H,10-11,14H2,1H3,(H,30,31). The number of carbonyl (C=O) groups is 1. The van der Waals surface area contributed by atoms with Crippen LogP contribution in [0.5, 0.6) is 0 Å². The van der Waals surface area contributed by atoms with Gasteiger partial charge in [-0.1, -0.05) is 42.5 Å². The summed E-state index contributed by atoms with van der Waals surface area (Å²) in [7, 11) is 0. The Kier molecular flexibility index (Phi) is 4.96. The van der Waals surface area contributed by atoms with E-state index in [0.717, 1.165) is 39.8 Å². The van der Waals surface area contributed by atoms with E-state index >= 15 is 0 Å². The minimum absolute atomic E-state index is 0.110. The van der Waals surface area contributed by atoms with Crippen molar-refractivity contribution in [1.29, 1.82) is 5.26 Å². The van der Waals surface area contributed by atoms with Crippen LogP contribution in [0, 0.1) is 18.3 Å². The zero-order valence-corrected chi connectivity index (χ0v) is 17.6. The Morgan fingerprint density at radius 2 is 2.00 bits per heavy atom. The van der Waals surface area contributed by atoms with Gasteiger partial charge in [0.1, 0.15) is 17.1 Å². The van der Waals surface area contributed by atoms with E-state index in [4.69, 9.17) is 14.5 Å². The summed E-state index contributed by atoms with van der Waals surface area (Å²) in [5.41, 5.74) is 7.61. The molecule has 0 radical (unpaired) electrons. The Hall–Kier alpha value is -3.95. The van der Waals surface area contributed by atoms with Crippen molar-refractivity contribution in [2.24, 2.45) is 0 Å². The highest BCUT2D eigenvalue weighted by Crippen LogP contribution is 2.40. The quantitative estimate of drug-likeness (QED) is 0.468. The molecule has 0 saturated heterocycles. The maximum Gasteiger partial charge on any atom is 0.317 e. The summed E-state index contributed by atoms with van der Waals surface area (Å²) in [4.78, 5) is 15.7. The van der Waals surface area contributed by atoms with Crippen LogP contribution in [0.4, 0.5) is 0 Å². The predicted octanol–water partition coefficient (Wildman–Crippen LogP) is 5.00. The van der Waals surface area contributed by atoms with Crippen LogP contribution in [-0.2, 0) is 11.2 Å². The summed E-state index contributed by atoms with van der Waals surface area (Å²) < 4.78 is 6.16. The molecule has 0 spiro atoms. The number of carboxylic acid groups (broad SMARTS) is 1. The third kappa shape index (κ3) is 3.33. The van der Waals surface area contributed by atoms with E-state index in [0.29, 0.717) is 29.0 Å². The van der Waals surface area contributed by atoms with Gasteiger partial charge in [0.25, 0.3) is 0 Å². The number of rotatable bonds is 5. The largest absolute Gasteiger partial charge is 0.480 e. The number of nitrogens with one attached hydrogen (secondary N) is 1. The average Bonchev–Trinajstić information content (AvgIpc) is 3.40. The van der Waals surface area contributed by atoms with Crippen LogP contribution in [-0.4, -0.2) is 22.6 Å². The number of nitrogens with zero attached hydrogens (tertiary/aromatic N) is 2. The van der Waals surface area contributed by atoms with Gasteiger partial charge in [0.15, 0.2) is 5.58 Å². The molecule has 1 aliphatic rings. The maximum atomic E-state index is 11.0. The molecule has 0 amide bonds. The first-order valence-corrected chi connectivity index (χ1v) is 10.5. The summed E-state index contributed by atoms with van der Waals surface area (Å²) in [5, 5.41) is 22.0. The Balaban J connectivity index is 1.61. The second-order valence-corrected chi connectivity index (χ2v) is 8.01. The van der Waals surface area contributed by atoms with Crippen molar-refractivity contribution in [3.8, 4) is 28.7 Å². The fraction of sp³-hybridized carbons (Fsp3) is 0.192. The lowest BCUT2D eigenvalue weighted by atomic mass is 9.96. The Morgan fingerprint density at radius 1 is 1.22 bits per heavy atom. The van der Waals surface area contributed by atoms with Crippen molar-refractivity contribution in [1.82, 2.24) is 10.3 Å². The molecule has 0 fully saturated rings. The molecule has 0 bridgehead atoms. The van der Waals surface area contributed by atoms with Crippen LogP contribution in [0.25, 0.3) is 33.7 Å². The molecule has 1 aromatic heterocycles. The number of hydrogen-bond acceptors (Lipinski definition) is 5. The summed E-state index contributed by atoms with van der Waals surface area (Å²) >= 11 is 0. The molecule has 6 nitrogen and oxygen atoms in total. The van der Waals surface area contributed by atoms with Gasteiger partial charge in [-0.05, 0) is 59.7 Å². The highest BCUT2D eigenvalue weighted by atomic mass is 16.4. The van der Waals surface area contributed by atoms with Gasteiger partial charge >= 0.3 is 5.97 Å². The zero-order valence-electron chi connectivity index (χ0n) is 17.6. The van der Waals surface area contributed by atoms with Gasteiger partial charge < -0.3 is 14.8 Å². The monoisotopic (exact) mass is 423 g/mol. The molecule has 1 heterocycles. The molecule has 0 saturated carbocycles. The van der Waals surface area contributed by atoms with Gasteiger partial charge in [-0.25, -0.2) is 4.98 Å². The van der Waals surface area contributed by atoms with Crippen LogP contribution in [0.2, 0.25) is 0 Å². The minimum Gasteiger partial charge on any atom is -0.480 e. The summed E-state index contributed by atoms with van der Waals surface area (Å²) in [6.45, 7) is 1.92. The van der Waals surface area contributed by atoms with Gasteiger partial charge in [-0.3, -0.25) is 4.79 Å². The lowest BCUT2D eigenvalue weighted by molar-refractivity contribution is -0.136. The Morgan fingerprint density at radius 3 is 2.75 bits per heavy atom. The third-order valence-corrected chi connectivity index (χ3v) is 6.14. The molecular weight excluding hydrogens is 402 g/mol. The van der Waals surface area contributed by atoms with Crippen molar-refractivity contribution in [3.05, 3.63) is 76.9 Å². The first-order chi connectivity index (χ1) is 15.6. The van der Waals surface area contributed by atoms with Gasteiger partial charge in [-0.2, -0.15) is 5.26 Å². The highest BCUT2D eigenvalue weighted by molar-refractivity contribution is 5.86. The second-order valence-electron chi connectivity index (χ2n) is 8.01. The molecule has 2 N–H and O–H groups in total. The molecular formula is C26H21N3O3. The van der Waals surface area contributed by atoms with E-state index in [9.17, 15) is 10.1 Å². The van der Waals surface area contributed by atoms with Crippen LogP contribution in [0.3, 0.4) is 0 Å². The molecule has 1 unspecified atom stereocenters. The summed E-state index contributed by atoms with van der Waals surface area (Å²) in [5.74, 6) is -0.428. The van der Waals surface area contributed by atoms with Gasteiger partial charge in [0.2, 0.25) is 5.89 Å². The Bertz CT molecular complexity index is 1380. The molecule has 0 aliphatic heterocycles. The van der Waals surface area contributed by atoms with Crippen LogP contribution < -0.4 is 5.32 Å². The van der Waals surface area contributed by atoms with Gasteiger partial charge in [-0.15, -0.1) is 0 Å². The van der Waals surface area contributed by atoms with E-state index in [1.54, 1.807) is 0 Å². The Labute approximate surface area is 185 Å². The zero-order chi connectivity index (χ0) is 22.2. The van der Waals surface area contributed by atoms with E-state index in [1.165, 1.54) is 0 Å². The number of aromatic nitrogens is 1. The molecule has 3 aromatic carbocycles. The number of benzene rings is 3. The maximum absolute atomic E-state index is 11.0. The third-order valence-electron chi connectivity index (χ3n) is 6.14. The number of fused-ring (bicyclic) bond motifs is 2. The number of hydrogen-bond donors (Lipinski definition) is 2. The number of oxazole rings is 1. The van der Waals surface area contributed by atoms with Gasteiger partial charge in [0.05, 0.1) is 6.54 Å². The minimum atomic E-state index is -0.905. The van der Waals surface area contributed by atoms with E-state index < -0.39 is 5.97 Å². The molecule has 1 aliphatic carbocycles. The molecule has 32 heavy (non-hydrogen) atoms. The average molecular weight is 423 g/mol. The fourth-order valence-corrected chi connectivity index (χ4v) is 4.60. The number of carboxylic acids is 1. The van der Waals surface area contributed by atoms with Crippen molar-refractivity contribution < 1.29 is 14.3 Å². The first kappa shape index (κ1) is 20.0. The molecule has 158 valence electrons. The lowest BCUT2D eigenvalue weighted by Crippen LogP contribution is -2.26. The fourth-order valence-electron chi connectivity index (χ4n) is 4.60. The SMILES string of the molecule is Cc1c(-c2ccccc2)cccc1-c1nc2cc3c(c(C#N)c2o1)CCC3NCC(=O)O. The molecule has 5 rings (SSSR count). The van der Waals surface area contributed by atoms with Crippen molar-refractivity contribution in [3.63, 3.8) is 0 Å². The number of aliphatic carboxylic acids is 1. The van der Waals surface area contributed by atoms with Gasteiger partial charge in [0, 0.05) is 11.6 Å². The van der Waals surface area contributed by atoms with E-state index in [-0.39, 0.29) is 12.6 Å². The predicted molar refractivity (Wildman–Crippen MR) is 121 cm³/mol. The normalized spacial score (nSPS) is 14.9. The van der Waals surface area contributed by atoms with Crippen molar-refractivity contribution in [2.45, 2.75) is 25.8 Å². The first-order valence-electron chi connectivity index (χ1n) is 10.5. The van der Waals surface area contributed by atoms with Crippen LogP contribution >= 0.6 is 0 Å². The molecule has 4 aromatic rings. The molecule has 6 heteroatoms. The lowest BCUT2D eigenvalue weighted by Gasteiger charge is -2.12. The second kappa shape index (κ2) is 7.95. The topological polar surface area (TPSA) is 99.2 Å². The summed E-state index contributed by atoms with van der Waals surface area (Å²) in [6.07, 6.45) is 1.44. The smallest absolute Gasteiger partial charge is 0.317 e. The van der Waals surface area contributed by atoms with E-state index in [2.05, 4.69) is 29.6 Å². The van der Waals surface area contributed by atoms with E-state index in [1.807, 2.05) is 43.3 Å². The summed E-state index contributed by atoms with van der Waals surface area (Å²) in [6, 6.07) is 20.3. The van der Waals surface area contributed by atoms with Crippen LogP contribution in [0.15, 0.2) is 59.0 Å². The number of nitriles is 1. The van der Waals surface area contributed by atoms with Crippen LogP contribution in [0.1, 0.15) is 34.7 Å². The molecule has 1 atom stereocenters.